The predicted octanol–water partition coefficient (Wildman–Crippen LogP) is 5.23. The van der Waals surface area contributed by atoms with Crippen LogP contribution in [-0.4, -0.2) is 30.4 Å². The average Bonchev–Trinajstić information content (AvgIpc) is 2.84. The first kappa shape index (κ1) is 26.1. The monoisotopic (exact) mass is 585 g/mol. The molecule has 3 aromatic rings. The summed E-state index contributed by atoms with van der Waals surface area (Å²) in [6.45, 7) is 1.22. The summed E-state index contributed by atoms with van der Waals surface area (Å²) in [6.07, 6.45) is 1.26. The molecule has 0 unspecified atom stereocenters. The molecule has 37 heavy (non-hydrogen) atoms. The molecule has 2 N–H and O–H groups in total. The van der Waals surface area contributed by atoms with Crippen LogP contribution in [-0.2, 0) is 14.4 Å². The van der Waals surface area contributed by atoms with E-state index in [0.29, 0.717) is 15.1 Å². The number of halogens is 3. The Morgan fingerprint density at radius 2 is 1.89 bits per heavy atom. The van der Waals surface area contributed by atoms with Crippen molar-refractivity contribution in [3.05, 3.63) is 92.7 Å². The molecule has 1 aliphatic rings. The maximum atomic E-state index is 13.8. The third kappa shape index (κ3) is 5.87. The van der Waals surface area contributed by atoms with Crippen LogP contribution in [0.1, 0.15) is 11.1 Å². The number of carbonyl (C=O) groups excluding carboxylic acids is 4. The number of anilines is 2. The molecule has 5 amide bonds. The molecule has 8 nitrogen and oxygen atoms in total. The molecule has 0 radical (unpaired) electrons. The number of urea groups is 1. The van der Waals surface area contributed by atoms with E-state index in [1.165, 1.54) is 36.4 Å². The highest BCUT2D eigenvalue weighted by Gasteiger charge is 2.37. The number of benzene rings is 3. The maximum Gasteiger partial charge on any atom is 0.335 e. The Kier molecular flexibility index (Phi) is 7.70. The molecule has 1 saturated heterocycles. The summed E-state index contributed by atoms with van der Waals surface area (Å²) >= 11 is 9.39. The van der Waals surface area contributed by atoms with Gasteiger partial charge in [-0.3, -0.25) is 19.7 Å². The van der Waals surface area contributed by atoms with Crippen molar-refractivity contribution in [1.29, 1.82) is 0 Å². The van der Waals surface area contributed by atoms with Gasteiger partial charge in [-0.25, -0.2) is 14.1 Å². The highest BCUT2D eigenvalue weighted by atomic mass is 79.9. The van der Waals surface area contributed by atoms with Crippen LogP contribution in [0.3, 0.4) is 0 Å². The van der Waals surface area contributed by atoms with Crippen LogP contribution in [0.2, 0.25) is 5.02 Å². The highest BCUT2D eigenvalue weighted by Crippen LogP contribution is 2.30. The van der Waals surface area contributed by atoms with Crippen molar-refractivity contribution in [2.45, 2.75) is 6.92 Å². The van der Waals surface area contributed by atoms with Gasteiger partial charge < -0.3 is 10.1 Å². The van der Waals surface area contributed by atoms with E-state index in [-0.39, 0.29) is 28.3 Å². The molecule has 0 saturated carbocycles. The van der Waals surface area contributed by atoms with Gasteiger partial charge in [-0.05, 0) is 61.0 Å². The van der Waals surface area contributed by atoms with Gasteiger partial charge in [0.05, 0.1) is 11.4 Å². The summed E-state index contributed by atoms with van der Waals surface area (Å²) in [5, 5.41) is 4.87. The average molecular weight is 587 g/mol. The van der Waals surface area contributed by atoms with Crippen molar-refractivity contribution in [3.63, 3.8) is 0 Å². The first-order valence-electron chi connectivity index (χ1n) is 10.8. The zero-order valence-electron chi connectivity index (χ0n) is 19.2. The number of ether oxygens (including phenoxy) is 1. The fraction of sp³-hybridized carbons (Fsp3) is 0.0769. The molecule has 3 aromatic carbocycles. The molecule has 11 heteroatoms. The Bertz CT molecular complexity index is 1480. The fourth-order valence-electron chi connectivity index (χ4n) is 3.51. The second-order valence-electron chi connectivity index (χ2n) is 7.89. The van der Waals surface area contributed by atoms with E-state index in [1.807, 2.05) is 0 Å². The predicted molar refractivity (Wildman–Crippen MR) is 140 cm³/mol. The van der Waals surface area contributed by atoms with E-state index in [4.69, 9.17) is 16.3 Å². The summed E-state index contributed by atoms with van der Waals surface area (Å²) in [6, 6.07) is 14.2. The van der Waals surface area contributed by atoms with Crippen LogP contribution in [0, 0.1) is 12.7 Å². The van der Waals surface area contributed by atoms with Gasteiger partial charge in [-0.15, -0.1) is 0 Å². The molecule has 0 aliphatic carbocycles. The molecule has 0 bridgehead atoms. The van der Waals surface area contributed by atoms with E-state index < -0.39 is 36.2 Å². The van der Waals surface area contributed by atoms with Crippen LogP contribution in [0.15, 0.2) is 70.7 Å². The molecular formula is C26H18BrClFN3O5. The lowest BCUT2D eigenvalue weighted by molar-refractivity contribution is -0.122. The van der Waals surface area contributed by atoms with Gasteiger partial charge in [-0.2, -0.15) is 0 Å². The number of para-hydroxylation sites is 1. The molecule has 1 aliphatic heterocycles. The largest absolute Gasteiger partial charge is 0.483 e. The SMILES string of the molecule is Cc1ccc(Cl)cc1N1C(=O)NC(=O)/C(=C\c2cc(Br)ccc2OCC(=O)Nc2ccccc2F)C1=O. The van der Waals surface area contributed by atoms with Gasteiger partial charge in [0.25, 0.3) is 17.7 Å². The van der Waals surface area contributed by atoms with Crippen molar-refractivity contribution in [2.24, 2.45) is 0 Å². The molecule has 0 spiro atoms. The topological polar surface area (TPSA) is 105 Å². The maximum absolute atomic E-state index is 13.8. The lowest BCUT2D eigenvalue weighted by atomic mass is 10.0. The highest BCUT2D eigenvalue weighted by molar-refractivity contribution is 9.10. The van der Waals surface area contributed by atoms with Crippen LogP contribution in [0.25, 0.3) is 6.08 Å². The van der Waals surface area contributed by atoms with E-state index in [2.05, 4.69) is 26.6 Å². The van der Waals surface area contributed by atoms with E-state index in [0.717, 1.165) is 4.90 Å². The molecule has 188 valence electrons. The third-order valence-corrected chi connectivity index (χ3v) is 6.02. The number of aryl methyl sites for hydroxylation is 1. The van der Waals surface area contributed by atoms with E-state index >= 15 is 0 Å². The molecule has 1 fully saturated rings. The van der Waals surface area contributed by atoms with Gasteiger partial charge in [0, 0.05) is 15.1 Å². The Morgan fingerprint density at radius 3 is 2.65 bits per heavy atom. The molecule has 4 rings (SSSR count). The summed E-state index contributed by atoms with van der Waals surface area (Å²) in [4.78, 5) is 51.6. The fourth-order valence-corrected chi connectivity index (χ4v) is 4.06. The summed E-state index contributed by atoms with van der Waals surface area (Å²) in [5.74, 6) is -2.80. The Labute approximate surface area is 224 Å². The molecule has 0 atom stereocenters. The van der Waals surface area contributed by atoms with Gasteiger partial charge in [0.15, 0.2) is 6.61 Å². The van der Waals surface area contributed by atoms with Crippen LogP contribution in [0.5, 0.6) is 5.75 Å². The number of carbonyl (C=O) groups is 4. The summed E-state index contributed by atoms with van der Waals surface area (Å²) in [7, 11) is 0. The zero-order valence-corrected chi connectivity index (χ0v) is 21.5. The van der Waals surface area contributed by atoms with Gasteiger partial charge in [0.1, 0.15) is 17.1 Å². The van der Waals surface area contributed by atoms with Crippen LogP contribution < -0.4 is 20.3 Å². The van der Waals surface area contributed by atoms with Crippen LogP contribution >= 0.6 is 27.5 Å². The Balaban J connectivity index is 1.61. The van der Waals surface area contributed by atoms with E-state index in [1.54, 1.807) is 37.3 Å². The Morgan fingerprint density at radius 1 is 1.14 bits per heavy atom. The quantitative estimate of drug-likeness (QED) is 0.304. The normalized spacial score (nSPS) is 14.5. The second kappa shape index (κ2) is 10.9. The van der Waals surface area contributed by atoms with Crippen LogP contribution in [0.4, 0.5) is 20.6 Å². The number of nitrogens with one attached hydrogen (secondary N) is 2. The van der Waals surface area contributed by atoms with Crippen molar-refractivity contribution in [1.82, 2.24) is 5.32 Å². The molecule has 1 heterocycles. The number of imide groups is 2. The van der Waals surface area contributed by atoms with Gasteiger partial charge >= 0.3 is 6.03 Å². The number of rotatable bonds is 6. The van der Waals surface area contributed by atoms with Crippen molar-refractivity contribution in [2.75, 3.05) is 16.8 Å². The van der Waals surface area contributed by atoms with Gasteiger partial charge in [-0.1, -0.05) is 45.7 Å². The lowest BCUT2D eigenvalue weighted by Crippen LogP contribution is -2.54. The number of barbiturate groups is 1. The minimum atomic E-state index is -0.909. The third-order valence-electron chi connectivity index (χ3n) is 5.29. The lowest BCUT2D eigenvalue weighted by Gasteiger charge is -2.27. The first-order valence-corrected chi connectivity index (χ1v) is 12.0. The zero-order chi connectivity index (χ0) is 26.7. The van der Waals surface area contributed by atoms with Crippen molar-refractivity contribution >= 4 is 68.7 Å². The number of hydrogen-bond donors (Lipinski definition) is 2. The van der Waals surface area contributed by atoms with Gasteiger partial charge in [0.2, 0.25) is 0 Å². The smallest absolute Gasteiger partial charge is 0.335 e. The summed E-state index contributed by atoms with van der Waals surface area (Å²) < 4.78 is 20.0. The number of hydrogen-bond acceptors (Lipinski definition) is 5. The molecule has 0 aromatic heterocycles. The standard InChI is InChI=1S/C26H18BrClFN3O5/c1-14-6-8-17(28)12-21(14)32-25(35)18(24(34)31-26(32)36)11-15-10-16(27)7-9-22(15)37-13-23(33)30-20-5-3-2-4-19(20)29/h2-12H,13H2,1H3,(H,30,33)(H,31,34,36)/b18-11+. The Hall–Kier alpha value is -4.02. The van der Waals surface area contributed by atoms with Crippen molar-refractivity contribution in [3.8, 4) is 5.75 Å². The van der Waals surface area contributed by atoms with Crippen molar-refractivity contribution < 1.29 is 28.3 Å². The summed E-state index contributed by atoms with van der Waals surface area (Å²) in [5.41, 5.74) is 0.763. The first-order chi connectivity index (χ1) is 17.6. The molecular weight excluding hydrogens is 569 g/mol. The minimum Gasteiger partial charge on any atom is -0.483 e. The second-order valence-corrected chi connectivity index (χ2v) is 9.24. The minimum absolute atomic E-state index is 0.000196. The van der Waals surface area contributed by atoms with E-state index in [9.17, 15) is 23.6 Å². The number of nitrogens with zero attached hydrogens (tertiary/aromatic N) is 1. The number of amides is 5.